The van der Waals surface area contributed by atoms with Gasteiger partial charge in [-0.2, -0.15) is 0 Å². The van der Waals surface area contributed by atoms with Gasteiger partial charge in [0.05, 0.1) is 4.90 Å². The predicted molar refractivity (Wildman–Crippen MR) is 88.3 cm³/mol. The van der Waals surface area contributed by atoms with E-state index in [0.29, 0.717) is 16.1 Å². The molecule has 0 aliphatic rings. The van der Waals surface area contributed by atoms with Gasteiger partial charge in [-0.05, 0) is 40.2 Å². The molecule has 3 rings (SSSR count). The SMILES string of the molecule is NS(=O)(=O)c1ccc(Nc2nnc(Br)c3ccccc23)cc1. The summed E-state index contributed by atoms with van der Waals surface area (Å²) in [4.78, 5) is 0.0600. The number of anilines is 2. The van der Waals surface area contributed by atoms with Crippen molar-refractivity contribution in [1.29, 1.82) is 0 Å². The average molecular weight is 379 g/mol. The molecule has 0 bridgehead atoms. The van der Waals surface area contributed by atoms with E-state index in [1.54, 1.807) is 12.1 Å². The van der Waals surface area contributed by atoms with E-state index in [1.807, 2.05) is 24.3 Å². The Kier molecular flexibility index (Phi) is 3.81. The minimum atomic E-state index is -3.69. The van der Waals surface area contributed by atoms with Crippen LogP contribution in [-0.2, 0) is 10.0 Å². The molecule has 22 heavy (non-hydrogen) atoms. The van der Waals surface area contributed by atoms with Crippen molar-refractivity contribution in [1.82, 2.24) is 10.2 Å². The van der Waals surface area contributed by atoms with E-state index in [1.165, 1.54) is 12.1 Å². The van der Waals surface area contributed by atoms with Crippen molar-refractivity contribution in [3.8, 4) is 0 Å². The summed E-state index contributed by atoms with van der Waals surface area (Å²) in [5, 5.41) is 18.2. The second-order valence-electron chi connectivity index (χ2n) is 4.58. The topological polar surface area (TPSA) is 98.0 Å². The van der Waals surface area contributed by atoms with Crippen molar-refractivity contribution < 1.29 is 8.42 Å². The molecule has 8 heteroatoms. The highest BCUT2D eigenvalue weighted by atomic mass is 79.9. The Morgan fingerprint density at radius 1 is 0.955 bits per heavy atom. The van der Waals surface area contributed by atoms with E-state index < -0.39 is 10.0 Å². The largest absolute Gasteiger partial charge is 0.338 e. The maximum atomic E-state index is 11.2. The van der Waals surface area contributed by atoms with Crippen LogP contribution in [0.15, 0.2) is 58.0 Å². The Bertz CT molecular complexity index is 943. The lowest BCUT2D eigenvalue weighted by atomic mass is 10.2. The lowest BCUT2D eigenvalue weighted by Gasteiger charge is -2.09. The van der Waals surface area contributed by atoms with Crippen LogP contribution in [0.3, 0.4) is 0 Å². The maximum absolute atomic E-state index is 11.2. The second-order valence-corrected chi connectivity index (χ2v) is 6.89. The molecule has 0 spiro atoms. The fourth-order valence-electron chi connectivity index (χ4n) is 2.03. The molecule has 0 amide bonds. The van der Waals surface area contributed by atoms with Gasteiger partial charge in [0.2, 0.25) is 10.0 Å². The van der Waals surface area contributed by atoms with Gasteiger partial charge in [-0.25, -0.2) is 13.6 Å². The van der Waals surface area contributed by atoms with Crippen molar-refractivity contribution in [2.24, 2.45) is 5.14 Å². The van der Waals surface area contributed by atoms with E-state index in [4.69, 9.17) is 5.14 Å². The summed E-state index contributed by atoms with van der Waals surface area (Å²) in [6.07, 6.45) is 0. The first-order chi connectivity index (χ1) is 10.4. The van der Waals surface area contributed by atoms with Gasteiger partial charge in [-0.15, -0.1) is 10.2 Å². The van der Waals surface area contributed by atoms with Crippen molar-refractivity contribution in [2.45, 2.75) is 4.90 Å². The minimum absolute atomic E-state index is 0.0600. The zero-order valence-corrected chi connectivity index (χ0v) is 13.6. The molecule has 0 atom stereocenters. The first-order valence-electron chi connectivity index (χ1n) is 6.26. The number of fused-ring (bicyclic) bond motifs is 1. The number of sulfonamides is 1. The highest BCUT2D eigenvalue weighted by Gasteiger charge is 2.09. The molecular formula is C14H11BrN4O2S. The fraction of sp³-hybridized carbons (Fsp3) is 0. The number of aromatic nitrogens is 2. The maximum Gasteiger partial charge on any atom is 0.238 e. The van der Waals surface area contributed by atoms with Gasteiger partial charge in [0.25, 0.3) is 0 Å². The van der Waals surface area contributed by atoms with E-state index in [-0.39, 0.29) is 4.90 Å². The summed E-state index contributed by atoms with van der Waals surface area (Å²) >= 11 is 3.37. The molecule has 3 aromatic rings. The third-order valence-electron chi connectivity index (χ3n) is 3.09. The van der Waals surface area contributed by atoms with Gasteiger partial charge < -0.3 is 5.32 Å². The van der Waals surface area contributed by atoms with Crippen molar-refractivity contribution in [3.63, 3.8) is 0 Å². The number of hydrogen-bond donors (Lipinski definition) is 2. The molecule has 0 radical (unpaired) electrons. The van der Waals surface area contributed by atoms with Crippen LogP contribution in [0.25, 0.3) is 10.8 Å². The number of nitrogens with zero attached hydrogens (tertiary/aromatic N) is 2. The Morgan fingerprint density at radius 2 is 1.59 bits per heavy atom. The third kappa shape index (κ3) is 2.94. The zero-order valence-electron chi connectivity index (χ0n) is 11.2. The van der Waals surface area contributed by atoms with Crippen LogP contribution in [0.4, 0.5) is 11.5 Å². The Labute approximate surface area is 135 Å². The standard InChI is InChI=1S/C14H11BrN4O2S/c15-13-11-3-1-2-4-12(11)14(19-18-13)17-9-5-7-10(8-6-9)22(16,20)21/h1-8H,(H,17,19)(H2,16,20,21). The van der Waals surface area contributed by atoms with Gasteiger partial charge in [-0.3, -0.25) is 0 Å². The lowest BCUT2D eigenvalue weighted by Crippen LogP contribution is -2.11. The van der Waals surface area contributed by atoms with E-state index in [0.717, 1.165) is 10.8 Å². The van der Waals surface area contributed by atoms with Crippen molar-refractivity contribution in [2.75, 3.05) is 5.32 Å². The van der Waals surface area contributed by atoms with Crippen LogP contribution >= 0.6 is 15.9 Å². The molecule has 3 N–H and O–H groups in total. The number of halogens is 1. The van der Waals surface area contributed by atoms with E-state index in [9.17, 15) is 8.42 Å². The number of rotatable bonds is 3. The summed E-state index contributed by atoms with van der Waals surface area (Å²) in [5.74, 6) is 0.585. The molecule has 0 saturated heterocycles. The van der Waals surface area contributed by atoms with Gasteiger partial charge in [0.15, 0.2) is 5.82 Å². The molecule has 0 aliphatic heterocycles. The smallest absolute Gasteiger partial charge is 0.238 e. The van der Waals surface area contributed by atoms with E-state index >= 15 is 0 Å². The van der Waals surface area contributed by atoms with Gasteiger partial charge in [0, 0.05) is 16.5 Å². The highest BCUT2D eigenvalue weighted by Crippen LogP contribution is 2.28. The Hall–Kier alpha value is -2.03. The van der Waals surface area contributed by atoms with Crippen LogP contribution in [-0.4, -0.2) is 18.6 Å². The van der Waals surface area contributed by atoms with Crippen LogP contribution in [0.5, 0.6) is 0 Å². The minimum Gasteiger partial charge on any atom is -0.338 e. The number of hydrogen-bond acceptors (Lipinski definition) is 5. The van der Waals surface area contributed by atoms with Crippen molar-refractivity contribution in [3.05, 3.63) is 53.1 Å². The molecule has 6 nitrogen and oxygen atoms in total. The number of benzene rings is 2. The number of primary sulfonamides is 1. The van der Waals surface area contributed by atoms with Crippen LogP contribution in [0.2, 0.25) is 0 Å². The summed E-state index contributed by atoms with van der Waals surface area (Å²) in [5.41, 5.74) is 0.689. The summed E-state index contributed by atoms with van der Waals surface area (Å²) in [7, 11) is -3.69. The van der Waals surface area contributed by atoms with Gasteiger partial charge in [-0.1, -0.05) is 24.3 Å². The van der Waals surface area contributed by atoms with Gasteiger partial charge >= 0.3 is 0 Å². The Morgan fingerprint density at radius 3 is 2.23 bits per heavy atom. The molecule has 0 fully saturated rings. The third-order valence-corrected chi connectivity index (χ3v) is 4.60. The quantitative estimate of drug-likeness (QED) is 0.729. The first kappa shape index (κ1) is 14.9. The normalized spacial score (nSPS) is 11.5. The zero-order chi connectivity index (χ0) is 15.7. The number of nitrogens with one attached hydrogen (secondary N) is 1. The summed E-state index contributed by atoms with van der Waals surface area (Å²) < 4.78 is 23.2. The van der Waals surface area contributed by atoms with Crippen LogP contribution in [0, 0.1) is 0 Å². The monoisotopic (exact) mass is 378 g/mol. The van der Waals surface area contributed by atoms with Crippen LogP contribution in [0.1, 0.15) is 0 Å². The summed E-state index contributed by atoms with van der Waals surface area (Å²) in [6, 6.07) is 13.8. The molecule has 2 aromatic carbocycles. The van der Waals surface area contributed by atoms with Crippen LogP contribution < -0.4 is 10.5 Å². The molecule has 0 saturated carbocycles. The molecule has 0 unspecified atom stereocenters. The predicted octanol–water partition coefficient (Wildman–Crippen LogP) is 2.78. The molecular weight excluding hydrogens is 368 g/mol. The highest BCUT2D eigenvalue weighted by molar-refractivity contribution is 9.10. The first-order valence-corrected chi connectivity index (χ1v) is 8.60. The Balaban J connectivity index is 1.99. The van der Waals surface area contributed by atoms with Crippen molar-refractivity contribution >= 4 is 48.2 Å². The molecule has 112 valence electrons. The summed E-state index contributed by atoms with van der Waals surface area (Å²) in [6.45, 7) is 0. The molecule has 1 heterocycles. The number of nitrogens with two attached hydrogens (primary N) is 1. The molecule has 1 aromatic heterocycles. The van der Waals surface area contributed by atoms with E-state index in [2.05, 4.69) is 31.4 Å². The van der Waals surface area contributed by atoms with Gasteiger partial charge in [0.1, 0.15) is 4.60 Å². The fourth-order valence-corrected chi connectivity index (χ4v) is 2.97. The lowest BCUT2D eigenvalue weighted by molar-refractivity contribution is 0.598. The second kappa shape index (κ2) is 5.64. The molecule has 0 aliphatic carbocycles. The average Bonchev–Trinajstić information content (AvgIpc) is 2.50.